The second kappa shape index (κ2) is 3.87. The normalized spacial score (nSPS) is 47.8. The molecule has 0 spiro atoms. The smallest absolute Gasteiger partial charge is 0.0267 e. The fourth-order valence-corrected chi connectivity index (χ4v) is 4.50. The van der Waals surface area contributed by atoms with Crippen LogP contribution in [0.3, 0.4) is 0 Å². The van der Waals surface area contributed by atoms with E-state index in [0.29, 0.717) is 0 Å². The first-order valence-electron chi connectivity index (χ1n) is 6.68. The van der Waals surface area contributed by atoms with Crippen molar-refractivity contribution in [2.75, 3.05) is 0 Å². The largest absolute Gasteiger partial charge is 0.0654 e. The molecule has 0 amide bonds. The van der Waals surface area contributed by atoms with Gasteiger partial charge >= 0.3 is 0 Å². The summed E-state index contributed by atoms with van der Waals surface area (Å²) in [5, 5.41) is 0. The van der Waals surface area contributed by atoms with Gasteiger partial charge in [0.2, 0.25) is 0 Å². The molecule has 2 saturated carbocycles. The molecule has 14 heavy (non-hydrogen) atoms. The summed E-state index contributed by atoms with van der Waals surface area (Å²) in [4.78, 5) is 0. The van der Waals surface area contributed by atoms with E-state index < -0.39 is 0 Å². The average Bonchev–Trinajstić information content (AvgIpc) is 2.46. The van der Waals surface area contributed by atoms with Crippen LogP contribution in [-0.2, 0) is 0 Å². The number of rotatable bonds is 2. The van der Waals surface area contributed by atoms with Gasteiger partial charge in [0.25, 0.3) is 0 Å². The molecule has 0 N–H and O–H groups in total. The minimum Gasteiger partial charge on any atom is -0.0654 e. The molecule has 4 atom stereocenters. The summed E-state index contributed by atoms with van der Waals surface area (Å²) in [6, 6.07) is 0. The van der Waals surface area contributed by atoms with Crippen molar-refractivity contribution in [3.8, 4) is 0 Å². The van der Waals surface area contributed by atoms with Crippen LogP contribution in [0.15, 0.2) is 0 Å². The Morgan fingerprint density at radius 3 is 2.71 bits per heavy atom. The predicted octanol–water partition coefficient (Wildman–Crippen LogP) is 4.64. The standard InChI is InChI=1S/C14H26/c1-4-6-12-8-9-13-11(2)7-5-10-14(12,13)3/h11-13H,4-10H2,1-3H3. The zero-order valence-corrected chi connectivity index (χ0v) is 10.2. The first-order chi connectivity index (χ1) is 6.68. The molecule has 0 aliphatic heterocycles. The fourth-order valence-electron chi connectivity index (χ4n) is 4.50. The topological polar surface area (TPSA) is 0 Å². The van der Waals surface area contributed by atoms with Crippen LogP contribution >= 0.6 is 0 Å². The highest BCUT2D eigenvalue weighted by Gasteiger charge is 2.49. The summed E-state index contributed by atoms with van der Waals surface area (Å²) in [7, 11) is 0. The van der Waals surface area contributed by atoms with Gasteiger partial charge in [-0.2, -0.15) is 0 Å². The summed E-state index contributed by atoms with van der Waals surface area (Å²) in [5.41, 5.74) is 0.730. The molecule has 0 bridgehead atoms. The number of hydrogen-bond acceptors (Lipinski definition) is 0. The van der Waals surface area contributed by atoms with E-state index in [1.807, 2.05) is 0 Å². The van der Waals surface area contributed by atoms with Crippen molar-refractivity contribution in [1.82, 2.24) is 0 Å². The lowest BCUT2D eigenvalue weighted by Gasteiger charge is -2.44. The van der Waals surface area contributed by atoms with Gasteiger partial charge in [-0.25, -0.2) is 0 Å². The van der Waals surface area contributed by atoms with Gasteiger partial charge in [-0.3, -0.25) is 0 Å². The van der Waals surface area contributed by atoms with Gasteiger partial charge in [0.15, 0.2) is 0 Å². The lowest BCUT2D eigenvalue weighted by molar-refractivity contribution is 0.0554. The Bertz CT molecular complexity index is 196. The van der Waals surface area contributed by atoms with Crippen LogP contribution in [0, 0.1) is 23.2 Å². The Labute approximate surface area is 89.5 Å². The Balaban J connectivity index is 2.12. The molecule has 0 saturated heterocycles. The van der Waals surface area contributed by atoms with E-state index in [9.17, 15) is 0 Å². The van der Waals surface area contributed by atoms with E-state index in [1.165, 1.54) is 44.9 Å². The molecule has 2 fully saturated rings. The molecule has 0 heteroatoms. The summed E-state index contributed by atoms with van der Waals surface area (Å²) < 4.78 is 0. The average molecular weight is 194 g/mol. The highest BCUT2D eigenvalue weighted by Crippen LogP contribution is 2.58. The minimum atomic E-state index is 0.730. The van der Waals surface area contributed by atoms with E-state index in [1.54, 1.807) is 0 Å². The second-order valence-corrected chi connectivity index (χ2v) is 6.04. The maximum absolute atomic E-state index is 2.60. The van der Waals surface area contributed by atoms with Gasteiger partial charge < -0.3 is 0 Å². The molecular weight excluding hydrogens is 168 g/mol. The van der Waals surface area contributed by atoms with E-state index in [0.717, 1.165) is 23.2 Å². The quantitative estimate of drug-likeness (QED) is 0.601. The van der Waals surface area contributed by atoms with Gasteiger partial charge in [0, 0.05) is 0 Å². The summed E-state index contributed by atoms with van der Waals surface area (Å²) >= 11 is 0. The summed E-state index contributed by atoms with van der Waals surface area (Å²) in [5.74, 6) is 3.13. The zero-order chi connectivity index (χ0) is 10.2. The van der Waals surface area contributed by atoms with Gasteiger partial charge in [-0.1, -0.05) is 46.5 Å². The monoisotopic (exact) mass is 194 g/mol. The Morgan fingerprint density at radius 2 is 2.00 bits per heavy atom. The molecule has 4 unspecified atom stereocenters. The third-order valence-electron chi connectivity index (χ3n) is 5.30. The molecule has 0 aromatic rings. The Hall–Kier alpha value is 0. The van der Waals surface area contributed by atoms with Crippen LogP contribution in [0.2, 0.25) is 0 Å². The maximum Gasteiger partial charge on any atom is -0.0267 e. The SMILES string of the molecule is CCCC1CCC2C(C)CCCC12C. The first-order valence-corrected chi connectivity index (χ1v) is 6.68. The van der Waals surface area contributed by atoms with Gasteiger partial charge in [-0.05, 0) is 42.4 Å². The van der Waals surface area contributed by atoms with Gasteiger partial charge in [0.05, 0.1) is 0 Å². The lowest BCUT2D eigenvalue weighted by atomic mass is 9.61. The molecular formula is C14H26. The number of hydrogen-bond donors (Lipinski definition) is 0. The molecule has 2 aliphatic rings. The Morgan fingerprint density at radius 1 is 1.21 bits per heavy atom. The van der Waals surface area contributed by atoms with Crippen molar-refractivity contribution in [1.29, 1.82) is 0 Å². The van der Waals surface area contributed by atoms with E-state index in [-0.39, 0.29) is 0 Å². The van der Waals surface area contributed by atoms with Crippen molar-refractivity contribution >= 4 is 0 Å². The van der Waals surface area contributed by atoms with Crippen molar-refractivity contribution in [3.63, 3.8) is 0 Å². The zero-order valence-electron chi connectivity index (χ0n) is 10.2. The van der Waals surface area contributed by atoms with Gasteiger partial charge in [-0.15, -0.1) is 0 Å². The minimum absolute atomic E-state index is 0.730. The van der Waals surface area contributed by atoms with Crippen molar-refractivity contribution in [2.24, 2.45) is 23.2 Å². The lowest BCUT2D eigenvalue weighted by Crippen LogP contribution is -2.35. The molecule has 2 rings (SSSR count). The van der Waals surface area contributed by atoms with Crippen LogP contribution in [0.5, 0.6) is 0 Å². The predicted molar refractivity (Wildman–Crippen MR) is 62.2 cm³/mol. The van der Waals surface area contributed by atoms with Crippen LogP contribution in [0.25, 0.3) is 0 Å². The van der Waals surface area contributed by atoms with Crippen molar-refractivity contribution < 1.29 is 0 Å². The summed E-state index contributed by atoms with van der Waals surface area (Å²) in [6.45, 7) is 7.44. The van der Waals surface area contributed by atoms with Crippen molar-refractivity contribution in [2.45, 2.75) is 65.7 Å². The van der Waals surface area contributed by atoms with Crippen LogP contribution in [0.1, 0.15) is 65.7 Å². The second-order valence-electron chi connectivity index (χ2n) is 6.04. The maximum atomic E-state index is 2.60. The number of fused-ring (bicyclic) bond motifs is 1. The van der Waals surface area contributed by atoms with Crippen LogP contribution in [-0.4, -0.2) is 0 Å². The Kier molecular flexibility index (Phi) is 2.91. The molecule has 0 radical (unpaired) electrons. The molecule has 82 valence electrons. The van der Waals surface area contributed by atoms with E-state index >= 15 is 0 Å². The van der Waals surface area contributed by atoms with Crippen LogP contribution < -0.4 is 0 Å². The van der Waals surface area contributed by atoms with Gasteiger partial charge in [0.1, 0.15) is 0 Å². The van der Waals surface area contributed by atoms with E-state index in [2.05, 4.69) is 20.8 Å². The van der Waals surface area contributed by atoms with E-state index in [4.69, 9.17) is 0 Å². The molecule has 0 heterocycles. The molecule has 2 aliphatic carbocycles. The highest BCUT2D eigenvalue weighted by atomic mass is 14.5. The fraction of sp³-hybridized carbons (Fsp3) is 1.00. The first kappa shape index (κ1) is 10.5. The third-order valence-corrected chi connectivity index (χ3v) is 5.30. The summed E-state index contributed by atoms with van der Waals surface area (Å²) in [6.07, 6.45) is 10.4. The third kappa shape index (κ3) is 1.51. The highest BCUT2D eigenvalue weighted by molar-refractivity contribution is 4.98. The molecule has 0 aromatic carbocycles. The van der Waals surface area contributed by atoms with Crippen molar-refractivity contribution in [3.05, 3.63) is 0 Å². The molecule has 0 aromatic heterocycles. The molecule has 0 nitrogen and oxygen atoms in total. The van der Waals surface area contributed by atoms with Crippen LogP contribution in [0.4, 0.5) is 0 Å².